The van der Waals surface area contributed by atoms with E-state index in [0.717, 1.165) is 37.4 Å². The number of carbonyl (C=O) groups excluding carboxylic acids is 1. The summed E-state index contributed by atoms with van der Waals surface area (Å²) >= 11 is 0. The summed E-state index contributed by atoms with van der Waals surface area (Å²) in [6.07, 6.45) is 2.09. The topological polar surface area (TPSA) is 41.6 Å². The van der Waals surface area contributed by atoms with Crippen molar-refractivity contribution in [2.24, 2.45) is 0 Å². The first kappa shape index (κ1) is 18.0. The third kappa shape index (κ3) is 6.05. The number of amides is 1. The Morgan fingerprint density at radius 2 is 1.79 bits per heavy atom. The summed E-state index contributed by atoms with van der Waals surface area (Å²) in [4.78, 5) is 14.4. The van der Waals surface area contributed by atoms with Gasteiger partial charge in [0.1, 0.15) is 5.75 Å². The molecular formula is C20H26N2O2. The average molecular weight is 326 g/mol. The predicted octanol–water partition coefficient (Wildman–Crippen LogP) is 3.59. The van der Waals surface area contributed by atoms with E-state index in [2.05, 4.69) is 41.4 Å². The molecule has 0 saturated carbocycles. The maximum atomic E-state index is 12.2. The van der Waals surface area contributed by atoms with Gasteiger partial charge in [0.25, 0.3) is 0 Å². The van der Waals surface area contributed by atoms with Crippen LogP contribution in [0.5, 0.6) is 5.75 Å². The Kier molecular flexibility index (Phi) is 7.30. The van der Waals surface area contributed by atoms with Crippen molar-refractivity contribution in [1.29, 1.82) is 0 Å². The summed E-state index contributed by atoms with van der Waals surface area (Å²) in [5.41, 5.74) is 2.14. The minimum atomic E-state index is 0.0155. The van der Waals surface area contributed by atoms with Crippen LogP contribution in [0.3, 0.4) is 0 Å². The molecule has 0 radical (unpaired) electrons. The number of nitrogens with zero attached hydrogens (tertiary/aromatic N) is 1. The number of nitrogens with one attached hydrogen (secondary N) is 1. The third-order valence-corrected chi connectivity index (χ3v) is 3.97. The highest BCUT2D eigenvalue weighted by Crippen LogP contribution is 2.15. The summed E-state index contributed by atoms with van der Waals surface area (Å²) in [6, 6.07) is 17.8. The molecule has 0 aliphatic rings. The van der Waals surface area contributed by atoms with E-state index < -0.39 is 0 Å². The molecule has 1 amide bonds. The van der Waals surface area contributed by atoms with Crippen molar-refractivity contribution in [3.63, 3.8) is 0 Å². The fourth-order valence-corrected chi connectivity index (χ4v) is 2.58. The average Bonchev–Trinajstić information content (AvgIpc) is 2.62. The molecule has 0 fully saturated rings. The lowest BCUT2D eigenvalue weighted by atomic mass is 10.1. The lowest BCUT2D eigenvalue weighted by molar-refractivity contribution is -0.117. The zero-order valence-corrected chi connectivity index (χ0v) is 14.5. The SMILES string of the molecule is CCN(CCCc1ccccc1)CC(=O)Nc1ccc(OC)cc1. The predicted molar refractivity (Wildman–Crippen MR) is 98.5 cm³/mol. The Hall–Kier alpha value is -2.33. The largest absolute Gasteiger partial charge is 0.497 e. The Labute approximate surface area is 144 Å². The van der Waals surface area contributed by atoms with Gasteiger partial charge in [-0.3, -0.25) is 9.69 Å². The monoisotopic (exact) mass is 326 g/mol. The number of hydrogen-bond acceptors (Lipinski definition) is 3. The molecule has 0 aromatic heterocycles. The van der Waals surface area contributed by atoms with Gasteiger partial charge in [0.2, 0.25) is 5.91 Å². The number of rotatable bonds is 9. The number of hydrogen-bond donors (Lipinski definition) is 1. The van der Waals surface area contributed by atoms with Crippen LogP contribution in [0.4, 0.5) is 5.69 Å². The second-order valence-electron chi connectivity index (χ2n) is 5.73. The second kappa shape index (κ2) is 9.73. The van der Waals surface area contributed by atoms with Gasteiger partial charge in [-0.15, -0.1) is 0 Å². The Bertz CT molecular complexity index is 611. The summed E-state index contributed by atoms with van der Waals surface area (Å²) in [5, 5.41) is 2.93. The van der Waals surface area contributed by atoms with Crippen LogP contribution in [0, 0.1) is 0 Å². The number of methoxy groups -OCH3 is 1. The first-order valence-electron chi connectivity index (χ1n) is 8.41. The maximum Gasteiger partial charge on any atom is 0.238 e. The second-order valence-corrected chi connectivity index (χ2v) is 5.73. The molecule has 0 saturated heterocycles. The molecule has 0 heterocycles. The fourth-order valence-electron chi connectivity index (χ4n) is 2.58. The first-order chi connectivity index (χ1) is 11.7. The molecule has 0 spiro atoms. The smallest absolute Gasteiger partial charge is 0.238 e. The molecule has 4 nitrogen and oxygen atoms in total. The van der Waals surface area contributed by atoms with Gasteiger partial charge >= 0.3 is 0 Å². The molecule has 0 aliphatic heterocycles. The number of aryl methyl sites for hydroxylation is 1. The molecule has 2 aromatic rings. The molecule has 24 heavy (non-hydrogen) atoms. The van der Waals surface area contributed by atoms with Crippen LogP contribution >= 0.6 is 0 Å². The van der Waals surface area contributed by atoms with Crippen molar-refractivity contribution < 1.29 is 9.53 Å². The summed E-state index contributed by atoms with van der Waals surface area (Å²) in [5.74, 6) is 0.797. The summed E-state index contributed by atoms with van der Waals surface area (Å²) in [6.45, 7) is 4.28. The standard InChI is InChI=1S/C20H26N2O2/c1-3-22(15-7-10-17-8-5-4-6-9-17)16-20(23)21-18-11-13-19(24-2)14-12-18/h4-6,8-9,11-14H,3,7,10,15-16H2,1-2H3,(H,21,23). The lowest BCUT2D eigenvalue weighted by Gasteiger charge is -2.19. The molecule has 0 bridgehead atoms. The highest BCUT2D eigenvalue weighted by molar-refractivity contribution is 5.92. The molecule has 2 rings (SSSR count). The Balaban J connectivity index is 1.75. The van der Waals surface area contributed by atoms with E-state index in [9.17, 15) is 4.79 Å². The summed E-state index contributed by atoms with van der Waals surface area (Å²) in [7, 11) is 1.63. The molecule has 0 unspecified atom stereocenters. The van der Waals surface area contributed by atoms with Gasteiger partial charge in [-0.25, -0.2) is 0 Å². The van der Waals surface area contributed by atoms with Crippen LogP contribution in [0.25, 0.3) is 0 Å². The number of carbonyl (C=O) groups is 1. The van der Waals surface area contributed by atoms with Crippen molar-refractivity contribution in [1.82, 2.24) is 4.90 Å². The van der Waals surface area contributed by atoms with Crippen LogP contribution in [-0.2, 0) is 11.2 Å². The van der Waals surface area contributed by atoms with Crippen LogP contribution in [-0.4, -0.2) is 37.6 Å². The van der Waals surface area contributed by atoms with E-state index in [1.807, 2.05) is 30.3 Å². The normalized spacial score (nSPS) is 10.6. The number of likely N-dealkylation sites (N-methyl/N-ethyl adjacent to an activating group) is 1. The molecule has 4 heteroatoms. The molecular weight excluding hydrogens is 300 g/mol. The van der Waals surface area contributed by atoms with Crippen molar-refractivity contribution in [3.05, 3.63) is 60.2 Å². The van der Waals surface area contributed by atoms with Crippen LogP contribution in [0.2, 0.25) is 0 Å². The van der Waals surface area contributed by atoms with Crippen LogP contribution in [0.1, 0.15) is 18.9 Å². The number of benzene rings is 2. The van der Waals surface area contributed by atoms with E-state index in [1.165, 1.54) is 5.56 Å². The molecule has 0 atom stereocenters. The van der Waals surface area contributed by atoms with E-state index in [0.29, 0.717) is 6.54 Å². The van der Waals surface area contributed by atoms with Gasteiger partial charge < -0.3 is 10.1 Å². The molecule has 128 valence electrons. The van der Waals surface area contributed by atoms with Gasteiger partial charge in [0.05, 0.1) is 13.7 Å². The fraction of sp³-hybridized carbons (Fsp3) is 0.350. The summed E-state index contributed by atoms with van der Waals surface area (Å²) < 4.78 is 5.12. The van der Waals surface area contributed by atoms with Crippen molar-refractivity contribution >= 4 is 11.6 Å². The van der Waals surface area contributed by atoms with Gasteiger partial charge in [0.15, 0.2) is 0 Å². The zero-order chi connectivity index (χ0) is 17.2. The number of anilines is 1. The maximum absolute atomic E-state index is 12.2. The van der Waals surface area contributed by atoms with E-state index >= 15 is 0 Å². The first-order valence-corrected chi connectivity index (χ1v) is 8.41. The van der Waals surface area contributed by atoms with E-state index in [4.69, 9.17) is 4.74 Å². The van der Waals surface area contributed by atoms with Gasteiger partial charge in [-0.2, -0.15) is 0 Å². The molecule has 2 aromatic carbocycles. The minimum absolute atomic E-state index is 0.0155. The van der Waals surface area contributed by atoms with Crippen LogP contribution < -0.4 is 10.1 Å². The van der Waals surface area contributed by atoms with Crippen molar-refractivity contribution in [3.8, 4) is 5.75 Å². The van der Waals surface area contributed by atoms with Gasteiger partial charge in [-0.05, 0) is 55.8 Å². The minimum Gasteiger partial charge on any atom is -0.497 e. The lowest BCUT2D eigenvalue weighted by Crippen LogP contribution is -2.34. The van der Waals surface area contributed by atoms with E-state index in [1.54, 1.807) is 7.11 Å². The zero-order valence-electron chi connectivity index (χ0n) is 14.5. The third-order valence-electron chi connectivity index (χ3n) is 3.97. The molecule has 1 N–H and O–H groups in total. The van der Waals surface area contributed by atoms with Gasteiger partial charge in [-0.1, -0.05) is 37.3 Å². The Morgan fingerprint density at radius 3 is 2.42 bits per heavy atom. The molecule has 0 aliphatic carbocycles. The van der Waals surface area contributed by atoms with Crippen molar-refractivity contribution in [2.45, 2.75) is 19.8 Å². The van der Waals surface area contributed by atoms with Crippen LogP contribution in [0.15, 0.2) is 54.6 Å². The quantitative estimate of drug-likeness (QED) is 0.766. The Morgan fingerprint density at radius 1 is 1.08 bits per heavy atom. The van der Waals surface area contributed by atoms with Crippen molar-refractivity contribution in [2.75, 3.05) is 32.1 Å². The highest BCUT2D eigenvalue weighted by Gasteiger charge is 2.09. The van der Waals surface area contributed by atoms with Gasteiger partial charge in [0, 0.05) is 5.69 Å². The van der Waals surface area contributed by atoms with E-state index in [-0.39, 0.29) is 5.91 Å². The number of ether oxygens (including phenoxy) is 1. The highest BCUT2D eigenvalue weighted by atomic mass is 16.5.